The van der Waals surface area contributed by atoms with E-state index in [2.05, 4.69) is 38.8 Å². The zero-order valence-corrected chi connectivity index (χ0v) is 14.2. The van der Waals surface area contributed by atoms with E-state index in [0.29, 0.717) is 5.92 Å². The summed E-state index contributed by atoms with van der Waals surface area (Å²) in [7, 11) is 0. The van der Waals surface area contributed by atoms with Crippen LogP contribution < -0.4 is 0 Å². The molecule has 1 fully saturated rings. The number of fused-ring (bicyclic) bond motifs is 1. The number of hydrogen-bond donors (Lipinski definition) is 0. The number of esters is 1. The number of nitrogens with zero attached hydrogens (tertiary/aromatic N) is 1. The second-order valence-electron chi connectivity index (χ2n) is 6.75. The summed E-state index contributed by atoms with van der Waals surface area (Å²) in [6.07, 6.45) is 2.18. The summed E-state index contributed by atoms with van der Waals surface area (Å²) in [6.45, 7) is 8.66. The molecule has 0 bridgehead atoms. The summed E-state index contributed by atoms with van der Waals surface area (Å²) in [5, 5.41) is 0.853. The molecule has 1 aliphatic carbocycles. The van der Waals surface area contributed by atoms with Crippen molar-refractivity contribution in [3.05, 3.63) is 40.9 Å². The molecule has 2 atom stereocenters. The Kier molecular flexibility index (Phi) is 3.81. The van der Waals surface area contributed by atoms with Crippen molar-refractivity contribution in [3.63, 3.8) is 0 Å². The van der Waals surface area contributed by atoms with Gasteiger partial charge in [-0.3, -0.25) is 4.79 Å². The molecule has 0 N–H and O–H groups in total. The number of carbonyl (C=O) groups is 1. The van der Waals surface area contributed by atoms with Crippen LogP contribution in [0.3, 0.4) is 0 Å². The Balaban J connectivity index is 1.64. The largest absolute Gasteiger partial charge is 0.458 e. The molecule has 3 nitrogen and oxygen atoms in total. The second kappa shape index (κ2) is 5.51. The van der Waals surface area contributed by atoms with Crippen LogP contribution in [0.2, 0.25) is 0 Å². The van der Waals surface area contributed by atoms with Gasteiger partial charge in [0.1, 0.15) is 11.6 Å². The summed E-state index contributed by atoms with van der Waals surface area (Å²) in [6, 6.07) is 7.97. The lowest BCUT2D eigenvalue weighted by Crippen LogP contribution is -2.10. The van der Waals surface area contributed by atoms with Gasteiger partial charge in [0.25, 0.3) is 0 Å². The minimum absolute atomic E-state index is 0.00193. The minimum Gasteiger partial charge on any atom is -0.458 e. The summed E-state index contributed by atoms with van der Waals surface area (Å²) in [5.74, 6) is 0.156. The third kappa shape index (κ3) is 2.80. The van der Waals surface area contributed by atoms with E-state index in [1.807, 2.05) is 24.3 Å². The van der Waals surface area contributed by atoms with Gasteiger partial charge in [0, 0.05) is 0 Å². The molecule has 1 heterocycles. The molecule has 2 aromatic rings. The molecule has 1 saturated carbocycles. The van der Waals surface area contributed by atoms with Gasteiger partial charge in [-0.1, -0.05) is 37.6 Å². The molecule has 0 saturated heterocycles. The van der Waals surface area contributed by atoms with Gasteiger partial charge in [-0.2, -0.15) is 0 Å². The first kappa shape index (κ1) is 15.2. The van der Waals surface area contributed by atoms with Gasteiger partial charge in [-0.05, 0) is 37.3 Å². The lowest BCUT2D eigenvalue weighted by Gasteiger charge is -2.03. The Morgan fingerprint density at radius 1 is 1.36 bits per heavy atom. The van der Waals surface area contributed by atoms with Gasteiger partial charge in [-0.15, -0.1) is 11.3 Å². The van der Waals surface area contributed by atoms with Crippen molar-refractivity contribution in [2.75, 3.05) is 0 Å². The van der Waals surface area contributed by atoms with Gasteiger partial charge in [0.05, 0.1) is 16.1 Å². The van der Waals surface area contributed by atoms with E-state index >= 15 is 0 Å². The Morgan fingerprint density at radius 2 is 2.09 bits per heavy atom. The van der Waals surface area contributed by atoms with Crippen molar-refractivity contribution in [2.45, 2.75) is 34.3 Å². The van der Waals surface area contributed by atoms with Crippen molar-refractivity contribution < 1.29 is 9.53 Å². The number of hydrogen-bond acceptors (Lipinski definition) is 4. The van der Waals surface area contributed by atoms with Gasteiger partial charge in [0.15, 0.2) is 0 Å². The Morgan fingerprint density at radius 3 is 2.77 bits per heavy atom. The van der Waals surface area contributed by atoms with E-state index in [0.717, 1.165) is 15.2 Å². The molecule has 0 unspecified atom stereocenters. The van der Waals surface area contributed by atoms with E-state index in [9.17, 15) is 4.79 Å². The van der Waals surface area contributed by atoms with Crippen molar-refractivity contribution in [2.24, 2.45) is 17.3 Å². The van der Waals surface area contributed by atoms with Crippen LogP contribution in [-0.2, 0) is 16.1 Å². The first-order valence-corrected chi connectivity index (χ1v) is 8.37. The lowest BCUT2D eigenvalue weighted by molar-refractivity contribution is -0.147. The van der Waals surface area contributed by atoms with Crippen molar-refractivity contribution in [1.29, 1.82) is 0 Å². The minimum atomic E-state index is -0.105. The van der Waals surface area contributed by atoms with Gasteiger partial charge in [-0.25, -0.2) is 4.98 Å². The summed E-state index contributed by atoms with van der Waals surface area (Å²) >= 11 is 1.58. The Labute approximate surface area is 135 Å². The SMILES string of the molecule is CC(C)=C[C@H]1[C@H](C(=O)OCc2nc3ccccc3s2)C1(C)C. The molecule has 4 heteroatoms. The summed E-state index contributed by atoms with van der Waals surface area (Å²) in [5.41, 5.74) is 2.22. The number of ether oxygens (including phenoxy) is 1. The predicted octanol–water partition coefficient (Wildman–Crippen LogP) is 4.58. The van der Waals surface area contributed by atoms with Crippen LogP contribution in [-0.4, -0.2) is 11.0 Å². The van der Waals surface area contributed by atoms with E-state index in [1.54, 1.807) is 11.3 Å². The Bertz CT molecular complexity index is 707. The van der Waals surface area contributed by atoms with Crippen molar-refractivity contribution in [3.8, 4) is 0 Å². The molecule has 116 valence electrons. The first-order valence-electron chi connectivity index (χ1n) is 7.55. The van der Waals surface area contributed by atoms with Gasteiger partial charge in [0.2, 0.25) is 0 Å². The van der Waals surface area contributed by atoms with Crippen molar-refractivity contribution >= 4 is 27.5 Å². The smallest absolute Gasteiger partial charge is 0.310 e. The number of thiazole rings is 1. The van der Waals surface area contributed by atoms with E-state index < -0.39 is 0 Å². The summed E-state index contributed by atoms with van der Waals surface area (Å²) in [4.78, 5) is 16.8. The zero-order chi connectivity index (χ0) is 15.9. The van der Waals surface area contributed by atoms with E-state index in [-0.39, 0.29) is 23.9 Å². The molecular formula is C18H21NO2S. The summed E-state index contributed by atoms with van der Waals surface area (Å²) < 4.78 is 6.64. The second-order valence-corrected chi connectivity index (χ2v) is 7.87. The van der Waals surface area contributed by atoms with E-state index in [4.69, 9.17) is 4.74 Å². The molecule has 1 aromatic carbocycles. The monoisotopic (exact) mass is 315 g/mol. The molecule has 3 rings (SSSR count). The number of benzene rings is 1. The third-order valence-corrected chi connectivity index (χ3v) is 5.36. The number of allylic oxidation sites excluding steroid dienone is 2. The molecule has 0 radical (unpaired) electrons. The fourth-order valence-electron chi connectivity index (χ4n) is 3.00. The quantitative estimate of drug-likeness (QED) is 0.612. The standard InChI is InChI=1S/C18H21NO2S/c1-11(2)9-12-16(18(12,3)4)17(20)21-10-15-19-13-7-5-6-8-14(13)22-15/h5-9,12,16H,10H2,1-4H3/t12-,16+/m0/s1. The van der Waals surface area contributed by atoms with Crippen LogP contribution in [0.1, 0.15) is 32.7 Å². The first-order chi connectivity index (χ1) is 10.4. The Hall–Kier alpha value is -1.68. The van der Waals surface area contributed by atoms with Crippen molar-refractivity contribution in [1.82, 2.24) is 4.98 Å². The zero-order valence-electron chi connectivity index (χ0n) is 13.4. The maximum absolute atomic E-state index is 12.3. The number of rotatable bonds is 4. The van der Waals surface area contributed by atoms with Crippen LogP contribution in [0.15, 0.2) is 35.9 Å². The molecule has 1 aliphatic rings. The highest BCUT2D eigenvalue weighted by atomic mass is 32.1. The molecule has 0 spiro atoms. The molecule has 0 amide bonds. The number of carbonyl (C=O) groups excluding carboxylic acids is 1. The normalized spacial score (nSPS) is 22.4. The maximum Gasteiger partial charge on any atom is 0.310 e. The van der Waals surface area contributed by atoms with Gasteiger partial charge >= 0.3 is 5.97 Å². The average molecular weight is 315 g/mol. The number of aromatic nitrogens is 1. The van der Waals surface area contributed by atoms with Crippen LogP contribution >= 0.6 is 11.3 Å². The average Bonchev–Trinajstić information content (AvgIpc) is 2.83. The molecule has 0 aliphatic heterocycles. The highest BCUT2D eigenvalue weighted by molar-refractivity contribution is 7.18. The highest BCUT2D eigenvalue weighted by Gasteiger charge is 2.61. The van der Waals surface area contributed by atoms with Crippen LogP contribution in [0, 0.1) is 17.3 Å². The number of para-hydroxylation sites is 1. The fraction of sp³-hybridized carbons (Fsp3) is 0.444. The highest BCUT2D eigenvalue weighted by Crippen LogP contribution is 2.59. The molecule has 22 heavy (non-hydrogen) atoms. The van der Waals surface area contributed by atoms with Gasteiger partial charge < -0.3 is 4.74 Å². The fourth-order valence-corrected chi connectivity index (χ4v) is 3.88. The topological polar surface area (TPSA) is 39.2 Å². The van der Waals surface area contributed by atoms with Crippen LogP contribution in [0.4, 0.5) is 0 Å². The molecular weight excluding hydrogens is 294 g/mol. The van der Waals surface area contributed by atoms with Crippen LogP contribution in [0.25, 0.3) is 10.2 Å². The van der Waals surface area contributed by atoms with Crippen LogP contribution in [0.5, 0.6) is 0 Å². The third-order valence-electron chi connectivity index (χ3n) is 4.35. The predicted molar refractivity (Wildman–Crippen MR) is 89.6 cm³/mol. The lowest BCUT2D eigenvalue weighted by atomic mass is 10.1. The van der Waals surface area contributed by atoms with E-state index in [1.165, 1.54) is 5.57 Å². The maximum atomic E-state index is 12.3. The molecule has 1 aromatic heterocycles.